The van der Waals surface area contributed by atoms with Crippen molar-refractivity contribution >= 4 is 10.9 Å². The molecule has 4 N–H and O–H groups in total. The minimum absolute atomic E-state index is 0.0472. The fourth-order valence-corrected chi connectivity index (χ4v) is 5.29. The van der Waals surface area contributed by atoms with Crippen LogP contribution in [0.5, 0.6) is 0 Å². The van der Waals surface area contributed by atoms with E-state index in [0.29, 0.717) is 13.1 Å². The number of nitrogens with zero attached hydrogens (tertiary/aromatic N) is 1. The molecule has 0 aliphatic carbocycles. The van der Waals surface area contributed by atoms with Gasteiger partial charge in [-0.15, -0.1) is 0 Å². The first-order chi connectivity index (χ1) is 19.0. The van der Waals surface area contributed by atoms with Gasteiger partial charge in [0.1, 0.15) is 6.10 Å². The number of para-hydroxylation sites is 1. The van der Waals surface area contributed by atoms with Crippen LogP contribution in [0.2, 0.25) is 0 Å². The average molecular weight is 524 g/mol. The molecule has 1 saturated heterocycles. The first-order valence-electron chi connectivity index (χ1n) is 13.7. The van der Waals surface area contributed by atoms with Gasteiger partial charge in [0.05, 0.1) is 18.8 Å². The number of aliphatic hydroxyl groups is 2. The highest BCUT2D eigenvalue weighted by Gasteiger charge is 2.44. The number of fused-ring (bicyclic) bond motifs is 1. The van der Waals surface area contributed by atoms with Gasteiger partial charge in [-0.25, -0.2) is 0 Å². The zero-order chi connectivity index (χ0) is 27.2. The number of hydroxylamine groups is 2. The molecule has 202 valence electrons. The number of aromatic nitrogens is 1. The minimum Gasteiger partial charge on any atom is -0.396 e. The molecular formula is C33H37N3O3. The van der Waals surface area contributed by atoms with Gasteiger partial charge in [0, 0.05) is 47.2 Å². The van der Waals surface area contributed by atoms with Crippen molar-refractivity contribution in [2.24, 2.45) is 5.92 Å². The van der Waals surface area contributed by atoms with Crippen LogP contribution >= 0.6 is 0 Å². The summed E-state index contributed by atoms with van der Waals surface area (Å²) in [5, 5.41) is 27.3. The van der Waals surface area contributed by atoms with Gasteiger partial charge in [0.15, 0.2) is 0 Å². The molecule has 0 saturated carbocycles. The van der Waals surface area contributed by atoms with E-state index in [0.717, 1.165) is 35.2 Å². The summed E-state index contributed by atoms with van der Waals surface area (Å²) in [6.45, 7) is 5.75. The second kappa shape index (κ2) is 12.6. The Balaban J connectivity index is 1.22. The molecule has 6 heteroatoms. The smallest absolute Gasteiger partial charge is 0.111 e. The maximum Gasteiger partial charge on any atom is 0.111 e. The zero-order valence-corrected chi connectivity index (χ0v) is 22.6. The van der Waals surface area contributed by atoms with Crippen molar-refractivity contribution < 1.29 is 15.1 Å². The van der Waals surface area contributed by atoms with Crippen LogP contribution < -0.4 is 5.32 Å². The number of hydrogen-bond acceptors (Lipinski definition) is 5. The van der Waals surface area contributed by atoms with E-state index < -0.39 is 12.2 Å². The van der Waals surface area contributed by atoms with E-state index in [1.807, 2.05) is 35.4 Å². The molecule has 5 rings (SSSR count). The Bertz CT molecular complexity index is 1420. The largest absolute Gasteiger partial charge is 0.396 e. The Morgan fingerprint density at radius 1 is 1.00 bits per heavy atom. The lowest BCUT2D eigenvalue weighted by atomic mass is 9.92. The van der Waals surface area contributed by atoms with E-state index in [4.69, 9.17) is 4.84 Å². The Morgan fingerprint density at radius 2 is 1.69 bits per heavy atom. The lowest BCUT2D eigenvalue weighted by Gasteiger charge is -2.25. The molecule has 1 aromatic heterocycles. The van der Waals surface area contributed by atoms with E-state index in [1.165, 1.54) is 16.5 Å². The third kappa shape index (κ3) is 6.59. The lowest BCUT2D eigenvalue weighted by Crippen LogP contribution is -2.43. The van der Waals surface area contributed by atoms with Crippen molar-refractivity contribution in [3.8, 4) is 11.8 Å². The van der Waals surface area contributed by atoms with E-state index in [2.05, 4.69) is 77.7 Å². The predicted molar refractivity (Wildman–Crippen MR) is 155 cm³/mol. The number of aryl methyl sites for hydroxylation is 1. The highest BCUT2D eigenvalue weighted by atomic mass is 16.7. The third-order valence-corrected chi connectivity index (χ3v) is 7.52. The summed E-state index contributed by atoms with van der Waals surface area (Å²) in [5.74, 6) is 6.26. The fourth-order valence-electron chi connectivity index (χ4n) is 5.29. The molecule has 4 aromatic rings. The first-order valence-corrected chi connectivity index (χ1v) is 13.7. The second-order valence-corrected chi connectivity index (χ2v) is 10.4. The quantitative estimate of drug-likeness (QED) is 0.196. The van der Waals surface area contributed by atoms with Crippen molar-refractivity contribution in [1.82, 2.24) is 15.4 Å². The molecule has 1 fully saturated rings. The molecule has 3 aromatic carbocycles. The number of aromatic amines is 1. The van der Waals surface area contributed by atoms with Crippen LogP contribution in [0.4, 0.5) is 0 Å². The molecule has 6 nitrogen and oxygen atoms in total. The maximum absolute atomic E-state index is 10.4. The van der Waals surface area contributed by atoms with Crippen LogP contribution in [0, 0.1) is 24.7 Å². The van der Waals surface area contributed by atoms with E-state index in [-0.39, 0.29) is 18.6 Å². The molecular weight excluding hydrogens is 486 g/mol. The van der Waals surface area contributed by atoms with Gasteiger partial charge in [-0.1, -0.05) is 59.9 Å². The van der Waals surface area contributed by atoms with Crippen molar-refractivity contribution in [3.05, 3.63) is 107 Å². The summed E-state index contributed by atoms with van der Waals surface area (Å²) in [7, 11) is 0. The van der Waals surface area contributed by atoms with Crippen molar-refractivity contribution in [3.63, 3.8) is 0 Å². The third-order valence-electron chi connectivity index (χ3n) is 7.52. The highest BCUT2D eigenvalue weighted by molar-refractivity contribution is 5.83. The van der Waals surface area contributed by atoms with Crippen LogP contribution in [0.15, 0.2) is 79.0 Å². The maximum atomic E-state index is 10.4. The van der Waals surface area contributed by atoms with Crippen LogP contribution in [0.1, 0.15) is 34.7 Å². The summed E-state index contributed by atoms with van der Waals surface area (Å²) in [6, 6.07) is 24.6. The van der Waals surface area contributed by atoms with E-state index in [9.17, 15) is 10.2 Å². The van der Waals surface area contributed by atoms with Crippen LogP contribution in [-0.4, -0.2) is 58.2 Å². The fraction of sp³-hybridized carbons (Fsp3) is 0.333. The van der Waals surface area contributed by atoms with Crippen LogP contribution in [-0.2, 0) is 17.8 Å². The molecule has 0 spiro atoms. The van der Waals surface area contributed by atoms with Gasteiger partial charge in [-0.2, -0.15) is 5.06 Å². The Kier molecular flexibility index (Phi) is 8.77. The van der Waals surface area contributed by atoms with Crippen molar-refractivity contribution in [1.29, 1.82) is 0 Å². The summed E-state index contributed by atoms with van der Waals surface area (Å²) >= 11 is 0. The average Bonchev–Trinajstić information content (AvgIpc) is 3.52. The van der Waals surface area contributed by atoms with Gasteiger partial charge < -0.3 is 20.5 Å². The zero-order valence-electron chi connectivity index (χ0n) is 22.6. The Hall–Kier alpha value is -3.44. The molecule has 0 radical (unpaired) electrons. The number of nitrogens with one attached hydrogen (secondary N) is 2. The monoisotopic (exact) mass is 523 g/mol. The summed E-state index contributed by atoms with van der Waals surface area (Å²) < 4.78 is 0. The van der Waals surface area contributed by atoms with Crippen molar-refractivity contribution in [2.75, 3.05) is 19.7 Å². The van der Waals surface area contributed by atoms with Crippen LogP contribution in [0.25, 0.3) is 10.9 Å². The van der Waals surface area contributed by atoms with Gasteiger partial charge >= 0.3 is 0 Å². The van der Waals surface area contributed by atoms with Gasteiger partial charge in [-0.3, -0.25) is 4.84 Å². The van der Waals surface area contributed by atoms with E-state index >= 15 is 0 Å². The Labute approximate surface area is 230 Å². The summed E-state index contributed by atoms with van der Waals surface area (Å²) in [4.78, 5) is 9.53. The molecule has 0 unspecified atom stereocenters. The predicted octanol–water partition coefficient (Wildman–Crippen LogP) is 4.18. The summed E-state index contributed by atoms with van der Waals surface area (Å²) in [5.41, 5.74) is 6.68. The van der Waals surface area contributed by atoms with Crippen molar-refractivity contribution in [2.45, 2.75) is 45.1 Å². The molecule has 39 heavy (non-hydrogen) atoms. The Morgan fingerprint density at radius 3 is 2.38 bits per heavy atom. The highest BCUT2D eigenvalue weighted by Crippen LogP contribution is 2.31. The van der Waals surface area contributed by atoms with Crippen LogP contribution in [0.3, 0.4) is 0 Å². The molecule has 4 atom stereocenters. The van der Waals surface area contributed by atoms with Gasteiger partial charge in [0.25, 0.3) is 0 Å². The standard InChI is InChI=1S/C33H37N3O3/c1-23-7-9-25(10-8-23)11-12-26-13-15-27(16-14-26)21-36-32(30(22-37)33(39-36)24(2)38)20-34-18-17-28-19-35-31-6-4-3-5-29(28)31/h3-10,13-16,19,24,30,32-35,37-38H,17-18,20-22H2,1-2H3/t24-,30+,32-,33+/m0/s1. The lowest BCUT2D eigenvalue weighted by molar-refractivity contribution is -0.189. The molecule has 0 bridgehead atoms. The molecule has 0 amide bonds. The van der Waals surface area contributed by atoms with E-state index in [1.54, 1.807) is 6.92 Å². The van der Waals surface area contributed by atoms with Gasteiger partial charge in [-0.05, 0) is 68.3 Å². The number of rotatable bonds is 9. The molecule has 2 heterocycles. The number of benzene rings is 3. The summed E-state index contributed by atoms with van der Waals surface area (Å²) in [6.07, 6.45) is 1.84. The number of aliphatic hydroxyl groups excluding tert-OH is 2. The normalized spacial score (nSPS) is 20.2. The SMILES string of the molecule is Cc1ccc(C#Cc2ccc(CN3O[C@H]([C@H](C)O)[C@H](CO)[C@@H]3CNCCc3c[nH]c4ccccc34)cc2)cc1. The number of H-pyrrole nitrogens is 1. The topological polar surface area (TPSA) is 80.8 Å². The molecule has 1 aliphatic rings. The van der Waals surface area contributed by atoms with Gasteiger partial charge in [0.2, 0.25) is 0 Å². The molecule has 1 aliphatic heterocycles. The first kappa shape index (κ1) is 27.1. The minimum atomic E-state index is -0.680. The number of hydrogen-bond donors (Lipinski definition) is 4. The second-order valence-electron chi connectivity index (χ2n) is 10.4.